The van der Waals surface area contributed by atoms with Crippen LogP contribution in [0.5, 0.6) is 0 Å². The number of carbonyl (C=O) groups is 1. The van der Waals surface area contributed by atoms with Gasteiger partial charge in [0.05, 0.1) is 6.42 Å². The summed E-state index contributed by atoms with van der Waals surface area (Å²) in [4.78, 5) is 19.0. The molecule has 5 heteroatoms. The first-order valence-corrected chi connectivity index (χ1v) is 9.44. The van der Waals surface area contributed by atoms with Crippen molar-refractivity contribution in [1.29, 1.82) is 0 Å². The first-order valence-electron chi connectivity index (χ1n) is 9.06. The maximum atomic E-state index is 12.5. The van der Waals surface area contributed by atoms with E-state index in [9.17, 15) is 4.79 Å². The van der Waals surface area contributed by atoms with Crippen molar-refractivity contribution < 1.29 is 4.79 Å². The van der Waals surface area contributed by atoms with Gasteiger partial charge in [0.25, 0.3) is 0 Å². The number of rotatable bonds is 5. The van der Waals surface area contributed by atoms with E-state index in [1.807, 2.05) is 35.4 Å². The molecule has 1 aromatic heterocycles. The van der Waals surface area contributed by atoms with E-state index >= 15 is 0 Å². The SMILES string of the molecule is CC(C)c1nccn1CC1CCN(C(=O)Cc2ccccc2Cl)CC1. The molecule has 0 aliphatic carbocycles. The minimum absolute atomic E-state index is 0.178. The van der Waals surface area contributed by atoms with Gasteiger partial charge in [0, 0.05) is 43.0 Å². The lowest BCUT2D eigenvalue weighted by molar-refractivity contribution is -0.131. The topological polar surface area (TPSA) is 38.1 Å². The van der Waals surface area contributed by atoms with Crippen LogP contribution in [0.25, 0.3) is 0 Å². The molecule has 3 rings (SSSR count). The van der Waals surface area contributed by atoms with Crippen LogP contribution in [-0.2, 0) is 17.8 Å². The van der Waals surface area contributed by atoms with Gasteiger partial charge in [-0.05, 0) is 30.4 Å². The molecule has 1 amide bonds. The second kappa shape index (κ2) is 8.05. The third kappa shape index (κ3) is 4.43. The van der Waals surface area contributed by atoms with E-state index in [-0.39, 0.29) is 5.91 Å². The van der Waals surface area contributed by atoms with Gasteiger partial charge in [0.1, 0.15) is 5.82 Å². The first-order chi connectivity index (χ1) is 12.0. The second-order valence-corrected chi connectivity index (χ2v) is 7.59. The van der Waals surface area contributed by atoms with E-state index in [0.717, 1.165) is 43.9 Å². The summed E-state index contributed by atoms with van der Waals surface area (Å²) in [6, 6.07) is 7.59. The maximum absolute atomic E-state index is 12.5. The van der Waals surface area contributed by atoms with Crippen molar-refractivity contribution in [3.63, 3.8) is 0 Å². The third-order valence-corrected chi connectivity index (χ3v) is 5.35. The highest BCUT2D eigenvalue weighted by atomic mass is 35.5. The van der Waals surface area contributed by atoms with Crippen molar-refractivity contribution >= 4 is 17.5 Å². The number of carbonyl (C=O) groups excluding carboxylic acids is 1. The highest BCUT2D eigenvalue weighted by molar-refractivity contribution is 6.31. The molecule has 1 fully saturated rings. The Hall–Kier alpha value is -1.81. The number of imidazole rings is 1. The van der Waals surface area contributed by atoms with Gasteiger partial charge in [-0.15, -0.1) is 0 Å². The summed E-state index contributed by atoms with van der Waals surface area (Å²) < 4.78 is 2.27. The fraction of sp³-hybridized carbons (Fsp3) is 0.500. The first kappa shape index (κ1) is 18.0. The summed E-state index contributed by atoms with van der Waals surface area (Å²) in [6.07, 6.45) is 6.44. The molecule has 134 valence electrons. The molecule has 1 aliphatic heterocycles. The smallest absolute Gasteiger partial charge is 0.227 e. The van der Waals surface area contributed by atoms with E-state index in [4.69, 9.17) is 11.6 Å². The fourth-order valence-corrected chi connectivity index (χ4v) is 3.74. The molecule has 2 heterocycles. The van der Waals surface area contributed by atoms with Gasteiger partial charge < -0.3 is 9.47 Å². The van der Waals surface area contributed by atoms with E-state index in [1.54, 1.807) is 0 Å². The van der Waals surface area contributed by atoms with Gasteiger partial charge in [-0.25, -0.2) is 4.98 Å². The van der Waals surface area contributed by atoms with Crippen LogP contribution >= 0.6 is 11.6 Å². The molecule has 4 nitrogen and oxygen atoms in total. The zero-order chi connectivity index (χ0) is 17.8. The van der Waals surface area contributed by atoms with Crippen LogP contribution in [0.2, 0.25) is 5.02 Å². The summed E-state index contributed by atoms with van der Waals surface area (Å²) in [7, 11) is 0. The van der Waals surface area contributed by atoms with E-state index in [1.165, 1.54) is 0 Å². The average Bonchev–Trinajstić information content (AvgIpc) is 3.06. The number of piperidine rings is 1. The Balaban J connectivity index is 1.52. The lowest BCUT2D eigenvalue weighted by Crippen LogP contribution is -2.40. The van der Waals surface area contributed by atoms with Crippen molar-refractivity contribution in [1.82, 2.24) is 14.5 Å². The molecule has 0 radical (unpaired) electrons. The summed E-state index contributed by atoms with van der Waals surface area (Å²) in [5.74, 6) is 2.37. The predicted octanol–water partition coefficient (Wildman–Crippen LogP) is 4.14. The van der Waals surface area contributed by atoms with E-state index in [2.05, 4.69) is 29.6 Å². The van der Waals surface area contributed by atoms with Crippen molar-refractivity contribution in [3.05, 3.63) is 53.1 Å². The Labute approximate surface area is 154 Å². The van der Waals surface area contributed by atoms with Crippen molar-refractivity contribution in [2.75, 3.05) is 13.1 Å². The van der Waals surface area contributed by atoms with Crippen LogP contribution in [0.3, 0.4) is 0 Å². The molecule has 0 N–H and O–H groups in total. The van der Waals surface area contributed by atoms with Gasteiger partial charge in [0.2, 0.25) is 5.91 Å². The molecule has 0 unspecified atom stereocenters. The number of likely N-dealkylation sites (tertiary alicyclic amines) is 1. The van der Waals surface area contributed by atoms with Crippen LogP contribution in [-0.4, -0.2) is 33.4 Å². The summed E-state index contributed by atoms with van der Waals surface area (Å²) in [5, 5.41) is 0.673. The Morgan fingerprint density at radius 2 is 2.00 bits per heavy atom. The van der Waals surface area contributed by atoms with Gasteiger partial charge in [-0.2, -0.15) is 0 Å². The maximum Gasteiger partial charge on any atom is 0.227 e. The minimum Gasteiger partial charge on any atom is -0.342 e. The lowest BCUT2D eigenvalue weighted by atomic mass is 9.96. The monoisotopic (exact) mass is 359 g/mol. The molecular weight excluding hydrogens is 334 g/mol. The van der Waals surface area contributed by atoms with Gasteiger partial charge in [0.15, 0.2) is 0 Å². The molecule has 0 saturated carbocycles. The fourth-order valence-electron chi connectivity index (χ4n) is 3.54. The van der Waals surface area contributed by atoms with E-state index in [0.29, 0.717) is 23.3 Å². The molecule has 25 heavy (non-hydrogen) atoms. The molecule has 1 saturated heterocycles. The Morgan fingerprint density at radius 3 is 2.68 bits per heavy atom. The van der Waals surface area contributed by atoms with Crippen LogP contribution in [0.4, 0.5) is 0 Å². The molecule has 1 aromatic carbocycles. The number of amides is 1. The molecular formula is C20H26ClN3O. The standard InChI is InChI=1S/C20H26ClN3O/c1-15(2)20-22-9-12-24(20)14-16-7-10-23(11-8-16)19(25)13-17-5-3-4-6-18(17)21/h3-6,9,12,15-16H,7-8,10-11,13-14H2,1-2H3. The quantitative estimate of drug-likeness (QED) is 0.804. The van der Waals surface area contributed by atoms with Crippen LogP contribution < -0.4 is 0 Å². The summed E-state index contributed by atoms with van der Waals surface area (Å²) in [5.41, 5.74) is 0.913. The van der Waals surface area contributed by atoms with Gasteiger partial charge >= 0.3 is 0 Å². The van der Waals surface area contributed by atoms with Crippen molar-refractivity contribution in [2.45, 2.75) is 45.6 Å². The number of hydrogen-bond donors (Lipinski definition) is 0. The second-order valence-electron chi connectivity index (χ2n) is 7.18. The average molecular weight is 360 g/mol. The predicted molar refractivity (Wildman–Crippen MR) is 101 cm³/mol. The number of nitrogens with zero attached hydrogens (tertiary/aromatic N) is 3. The Morgan fingerprint density at radius 1 is 1.28 bits per heavy atom. The number of aromatic nitrogens is 2. The molecule has 0 bridgehead atoms. The number of benzene rings is 1. The van der Waals surface area contributed by atoms with Gasteiger partial charge in [-0.1, -0.05) is 43.6 Å². The molecule has 0 spiro atoms. The molecule has 2 aromatic rings. The minimum atomic E-state index is 0.178. The molecule has 0 atom stereocenters. The van der Waals surface area contributed by atoms with Gasteiger partial charge in [-0.3, -0.25) is 4.79 Å². The number of hydrogen-bond acceptors (Lipinski definition) is 2. The summed E-state index contributed by atoms with van der Waals surface area (Å²) >= 11 is 6.17. The van der Waals surface area contributed by atoms with Crippen LogP contribution in [0, 0.1) is 5.92 Å². The zero-order valence-corrected chi connectivity index (χ0v) is 15.7. The summed E-state index contributed by atoms with van der Waals surface area (Å²) in [6.45, 7) is 7.02. The lowest BCUT2D eigenvalue weighted by Gasteiger charge is -2.32. The normalized spacial score (nSPS) is 15.8. The Kier molecular flexibility index (Phi) is 5.79. The highest BCUT2D eigenvalue weighted by Gasteiger charge is 2.24. The highest BCUT2D eigenvalue weighted by Crippen LogP contribution is 2.23. The van der Waals surface area contributed by atoms with E-state index < -0.39 is 0 Å². The zero-order valence-electron chi connectivity index (χ0n) is 15.0. The molecule has 1 aliphatic rings. The largest absolute Gasteiger partial charge is 0.342 e. The third-order valence-electron chi connectivity index (χ3n) is 4.99. The number of halogens is 1. The van der Waals surface area contributed by atoms with Crippen molar-refractivity contribution in [2.24, 2.45) is 5.92 Å². The van der Waals surface area contributed by atoms with Crippen LogP contribution in [0.1, 0.15) is 44.0 Å². The van der Waals surface area contributed by atoms with Crippen LogP contribution in [0.15, 0.2) is 36.7 Å². The Bertz CT molecular complexity index is 717. The van der Waals surface area contributed by atoms with Crippen molar-refractivity contribution in [3.8, 4) is 0 Å².